The predicted octanol–water partition coefficient (Wildman–Crippen LogP) is 1.57. The van der Waals surface area contributed by atoms with Gasteiger partial charge in [-0.2, -0.15) is 18.3 Å². The fraction of sp³-hybridized carbons (Fsp3) is 0.385. The molecule has 2 rings (SSSR count). The van der Waals surface area contributed by atoms with Crippen molar-refractivity contribution in [3.8, 4) is 0 Å². The Morgan fingerprint density at radius 2 is 1.76 bits per heavy atom. The minimum Gasteiger partial charge on any atom is -0.390 e. The minimum atomic E-state index is -4.45. The third kappa shape index (κ3) is 3.22. The molecule has 0 aliphatic rings. The molecular weight excluding hydrogens is 287 g/mol. The molecule has 0 saturated carbocycles. The highest BCUT2D eigenvalue weighted by molar-refractivity contribution is 5.29. The van der Waals surface area contributed by atoms with Crippen molar-refractivity contribution in [2.24, 2.45) is 0 Å². The number of alkyl halides is 3. The normalized spacial score (nSPS) is 16.5. The molecule has 114 valence electrons. The molecule has 8 heteroatoms. The lowest BCUT2D eigenvalue weighted by Crippen LogP contribution is -2.42. The van der Waals surface area contributed by atoms with Gasteiger partial charge in [0, 0.05) is 0 Å². The summed E-state index contributed by atoms with van der Waals surface area (Å²) in [6.45, 7) is 1.23. The smallest absolute Gasteiger partial charge is 0.390 e. The first-order valence-electron chi connectivity index (χ1n) is 6.14. The van der Waals surface area contributed by atoms with E-state index in [0.29, 0.717) is 0 Å². The van der Waals surface area contributed by atoms with Gasteiger partial charge in [0.1, 0.15) is 18.3 Å². The van der Waals surface area contributed by atoms with Gasteiger partial charge in [-0.05, 0) is 24.6 Å². The molecule has 2 unspecified atom stereocenters. The maximum atomic E-state index is 12.5. The number of hydrogen-bond acceptors (Lipinski definition) is 4. The summed E-state index contributed by atoms with van der Waals surface area (Å²) in [6, 6.07) is 4.02. The Kier molecular flexibility index (Phi) is 4.02. The van der Waals surface area contributed by atoms with Crippen LogP contribution >= 0.6 is 0 Å². The topological polar surface area (TPSA) is 71.2 Å². The van der Waals surface area contributed by atoms with Crippen LogP contribution in [0.1, 0.15) is 18.1 Å². The number of hydrogen-bond donors (Lipinski definition) is 2. The molecule has 2 N–H and O–H groups in total. The van der Waals surface area contributed by atoms with Crippen LogP contribution in [0.25, 0.3) is 0 Å². The molecular formula is C13H14F3N3O2. The van der Waals surface area contributed by atoms with E-state index in [0.717, 1.165) is 24.3 Å². The molecule has 0 saturated heterocycles. The van der Waals surface area contributed by atoms with Gasteiger partial charge in [0.05, 0.1) is 18.2 Å². The lowest BCUT2D eigenvalue weighted by Gasteiger charge is -2.31. The third-order valence-electron chi connectivity index (χ3n) is 3.27. The molecule has 0 radical (unpaired) electrons. The van der Waals surface area contributed by atoms with Gasteiger partial charge in [0.15, 0.2) is 0 Å². The Morgan fingerprint density at radius 3 is 2.19 bits per heavy atom. The minimum absolute atomic E-state index is 0.129. The van der Waals surface area contributed by atoms with Crippen LogP contribution < -0.4 is 0 Å². The molecule has 1 heterocycles. The standard InChI is InChI=1S/C13H14F3N3O2/c1-9(20)12(21,6-19-8-17-7-18-19)10-2-4-11(5-3-10)13(14,15)16/h2-5,7-9,20-21H,6H2,1H3. The molecule has 1 aromatic carbocycles. The maximum absolute atomic E-state index is 12.5. The summed E-state index contributed by atoms with van der Waals surface area (Å²) in [7, 11) is 0. The summed E-state index contributed by atoms with van der Waals surface area (Å²) in [5.74, 6) is 0. The van der Waals surface area contributed by atoms with Crippen LogP contribution in [0, 0.1) is 0 Å². The lowest BCUT2D eigenvalue weighted by molar-refractivity contribution is -0.137. The van der Waals surface area contributed by atoms with Crippen LogP contribution in [0.3, 0.4) is 0 Å². The summed E-state index contributed by atoms with van der Waals surface area (Å²) in [4.78, 5) is 3.72. The van der Waals surface area contributed by atoms with Crippen molar-refractivity contribution in [2.45, 2.75) is 31.3 Å². The second kappa shape index (κ2) is 5.45. The number of nitrogens with zero attached hydrogens (tertiary/aromatic N) is 3. The van der Waals surface area contributed by atoms with Gasteiger partial charge in [-0.1, -0.05) is 12.1 Å². The highest BCUT2D eigenvalue weighted by atomic mass is 19.4. The van der Waals surface area contributed by atoms with Crippen LogP contribution in [0.15, 0.2) is 36.9 Å². The summed E-state index contributed by atoms with van der Waals surface area (Å²) in [5.41, 5.74) is -2.42. The Bertz CT molecular complexity index is 582. The molecule has 2 atom stereocenters. The number of benzene rings is 1. The van der Waals surface area contributed by atoms with Crippen molar-refractivity contribution in [1.82, 2.24) is 14.8 Å². The van der Waals surface area contributed by atoms with E-state index < -0.39 is 23.4 Å². The van der Waals surface area contributed by atoms with E-state index in [2.05, 4.69) is 10.1 Å². The van der Waals surface area contributed by atoms with Crippen LogP contribution in [0.2, 0.25) is 0 Å². The summed E-state index contributed by atoms with van der Waals surface area (Å²) in [5, 5.41) is 24.2. The van der Waals surface area contributed by atoms with E-state index in [-0.39, 0.29) is 12.1 Å². The molecule has 0 spiro atoms. The lowest BCUT2D eigenvalue weighted by atomic mass is 9.88. The number of aliphatic hydroxyl groups excluding tert-OH is 1. The number of halogens is 3. The van der Waals surface area contributed by atoms with Crippen molar-refractivity contribution in [3.05, 3.63) is 48.0 Å². The molecule has 0 fully saturated rings. The van der Waals surface area contributed by atoms with Crippen LogP contribution in [-0.4, -0.2) is 31.1 Å². The van der Waals surface area contributed by atoms with E-state index >= 15 is 0 Å². The van der Waals surface area contributed by atoms with Gasteiger partial charge in [-0.3, -0.25) is 0 Å². The molecule has 1 aromatic heterocycles. The third-order valence-corrected chi connectivity index (χ3v) is 3.27. The van der Waals surface area contributed by atoms with E-state index in [1.54, 1.807) is 0 Å². The van der Waals surface area contributed by atoms with E-state index in [4.69, 9.17) is 0 Å². The van der Waals surface area contributed by atoms with E-state index in [9.17, 15) is 23.4 Å². The van der Waals surface area contributed by atoms with Gasteiger partial charge in [0.25, 0.3) is 0 Å². The molecule has 0 amide bonds. The Hall–Kier alpha value is -1.93. The summed E-state index contributed by atoms with van der Waals surface area (Å²) < 4.78 is 38.9. The fourth-order valence-corrected chi connectivity index (χ4v) is 1.97. The number of aromatic nitrogens is 3. The van der Waals surface area contributed by atoms with Crippen molar-refractivity contribution in [1.29, 1.82) is 0 Å². The molecule has 5 nitrogen and oxygen atoms in total. The monoisotopic (exact) mass is 301 g/mol. The zero-order valence-electron chi connectivity index (χ0n) is 11.1. The molecule has 2 aromatic rings. The van der Waals surface area contributed by atoms with Gasteiger partial charge in [-0.25, -0.2) is 9.67 Å². The second-order valence-electron chi connectivity index (χ2n) is 4.77. The average Bonchev–Trinajstić information content (AvgIpc) is 2.90. The van der Waals surface area contributed by atoms with Crippen molar-refractivity contribution in [2.75, 3.05) is 0 Å². The maximum Gasteiger partial charge on any atom is 0.416 e. The highest BCUT2D eigenvalue weighted by Crippen LogP contribution is 2.32. The SMILES string of the molecule is CC(O)C(O)(Cn1cncn1)c1ccc(C(F)(F)F)cc1. The number of rotatable bonds is 4. The van der Waals surface area contributed by atoms with E-state index in [1.165, 1.54) is 24.3 Å². The van der Waals surface area contributed by atoms with Crippen molar-refractivity contribution >= 4 is 0 Å². The summed E-state index contributed by atoms with van der Waals surface area (Å²) >= 11 is 0. The zero-order valence-corrected chi connectivity index (χ0v) is 11.1. The molecule has 0 bridgehead atoms. The predicted molar refractivity (Wildman–Crippen MR) is 67.0 cm³/mol. The largest absolute Gasteiger partial charge is 0.416 e. The Morgan fingerprint density at radius 1 is 1.19 bits per heavy atom. The van der Waals surface area contributed by atoms with Crippen LogP contribution in [0.5, 0.6) is 0 Å². The Balaban J connectivity index is 2.34. The quantitative estimate of drug-likeness (QED) is 0.899. The second-order valence-corrected chi connectivity index (χ2v) is 4.77. The van der Waals surface area contributed by atoms with Gasteiger partial charge in [-0.15, -0.1) is 0 Å². The molecule has 21 heavy (non-hydrogen) atoms. The zero-order chi connectivity index (χ0) is 15.7. The van der Waals surface area contributed by atoms with Crippen molar-refractivity contribution in [3.63, 3.8) is 0 Å². The number of aliphatic hydroxyl groups is 2. The van der Waals surface area contributed by atoms with Gasteiger partial charge < -0.3 is 10.2 Å². The van der Waals surface area contributed by atoms with Crippen molar-refractivity contribution < 1.29 is 23.4 Å². The average molecular weight is 301 g/mol. The van der Waals surface area contributed by atoms with E-state index in [1.807, 2.05) is 0 Å². The van der Waals surface area contributed by atoms with Gasteiger partial charge in [0.2, 0.25) is 0 Å². The van der Waals surface area contributed by atoms with Crippen LogP contribution in [-0.2, 0) is 18.3 Å². The Labute approximate surface area is 118 Å². The first kappa shape index (κ1) is 15.5. The van der Waals surface area contributed by atoms with Gasteiger partial charge >= 0.3 is 6.18 Å². The molecule has 0 aliphatic carbocycles. The van der Waals surface area contributed by atoms with Crippen LogP contribution in [0.4, 0.5) is 13.2 Å². The first-order valence-corrected chi connectivity index (χ1v) is 6.14. The fourth-order valence-electron chi connectivity index (χ4n) is 1.97. The first-order chi connectivity index (χ1) is 9.73. The molecule has 0 aliphatic heterocycles. The summed E-state index contributed by atoms with van der Waals surface area (Å²) in [6.07, 6.45) is -3.06. The highest BCUT2D eigenvalue weighted by Gasteiger charge is 2.37.